The highest BCUT2D eigenvalue weighted by Gasteiger charge is 2.30. The van der Waals surface area contributed by atoms with Gasteiger partial charge in [0.1, 0.15) is 17.3 Å². The molecule has 1 fully saturated rings. The van der Waals surface area contributed by atoms with Gasteiger partial charge in [-0.3, -0.25) is 9.48 Å². The van der Waals surface area contributed by atoms with Gasteiger partial charge in [-0.05, 0) is 24.5 Å². The molecule has 10 nitrogen and oxygen atoms in total. The van der Waals surface area contributed by atoms with E-state index in [2.05, 4.69) is 33.4 Å². The van der Waals surface area contributed by atoms with Crippen LogP contribution in [0.3, 0.4) is 0 Å². The molecule has 38 heavy (non-hydrogen) atoms. The molecule has 1 aliphatic rings. The van der Waals surface area contributed by atoms with Crippen LogP contribution in [-0.4, -0.2) is 57.8 Å². The fourth-order valence-electron chi connectivity index (χ4n) is 4.93. The lowest BCUT2D eigenvalue weighted by atomic mass is 10.1. The van der Waals surface area contributed by atoms with Gasteiger partial charge >= 0.3 is 0 Å². The zero-order valence-electron chi connectivity index (χ0n) is 20.9. The first-order valence-corrected chi connectivity index (χ1v) is 12.0. The van der Waals surface area contributed by atoms with Crippen LogP contribution in [0.2, 0.25) is 0 Å². The van der Waals surface area contributed by atoms with Crippen molar-refractivity contribution in [1.82, 2.24) is 38.8 Å². The van der Waals surface area contributed by atoms with Gasteiger partial charge in [0.15, 0.2) is 0 Å². The number of fused-ring (bicyclic) bond motifs is 2. The molecule has 4 aromatic heterocycles. The van der Waals surface area contributed by atoms with Crippen LogP contribution in [0.4, 0.5) is 10.2 Å². The zero-order valence-corrected chi connectivity index (χ0v) is 20.9. The molecule has 1 atom stereocenters. The molecule has 1 aliphatic heterocycles. The first kappa shape index (κ1) is 23.4. The number of likely N-dealkylation sites (tertiary alicyclic amines) is 1. The van der Waals surface area contributed by atoms with Crippen LogP contribution in [-0.2, 0) is 18.9 Å². The molecular formula is C27H24FN9O. The van der Waals surface area contributed by atoms with Gasteiger partial charge in [-0.25, -0.2) is 19.3 Å². The fourth-order valence-corrected chi connectivity index (χ4v) is 4.93. The number of anilines is 1. The van der Waals surface area contributed by atoms with E-state index in [-0.39, 0.29) is 23.3 Å². The molecule has 0 radical (unpaired) electrons. The number of nitrogen functional groups attached to an aromatic ring is 1. The van der Waals surface area contributed by atoms with Gasteiger partial charge in [0.25, 0.3) is 0 Å². The summed E-state index contributed by atoms with van der Waals surface area (Å²) < 4.78 is 20.3. The number of nitrogens with zero attached hydrogens (tertiary/aromatic N) is 8. The number of halogens is 1. The summed E-state index contributed by atoms with van der Waals surface area (Å²) in [5, 5.41) is 5.40. The maximum absolute atomic E-state index is 14.9. The highest BCUT2D eigenvalue weighted by atomic mass is 19.1. The lowest BCUT2D eigenvalue weighted by molar-refractivity contribution is -0.125. The molecule has 0 aliphatic carbocycles. The average molecular weight is 510 g/mol. The number of imidazole rings is 2. The lowest BCUT2D eigenvalue weighted by Crippen LogP contribution is -2.27. The summed E-state index contributed by atoms with van der Waals surface area (Å²) in [4.78, 5) is 27.2. The molecule has 1 saturated heterocycles. The van der Waals surface area contributed by atoms with E-state index in [0.717, 1.165) is 11.1 Å². The van der Waals surface area contributed by atoms with Gasteiger partial charge in [0, 0.05) is 51.2 Å². The summed E-state index contributed by atoms with van der Waals surface area (Å²) in [6.07, 6.45) is 8.90. The normalized spacial score (nSPS) is 15.2. The van der Waals surface area contributed by atoms with E-state index in [9.17, 15) is 9.18 Å². The number of rotatable bonds is 3. The van der Waals surface area contributed by atoms with Crippen molar-refractivity contribution in [3.8, 4) is 23.1 Å². The first-order chi connectivity index (χ1) is 18.3. The van der Waals surface area contributed by atoms with Gasteiger partial charge in [0.2, 0.25) is 5.91 Å². The van der Waals surface area contributed by atoms with Gasteiger partial charge < -0.3 is 19.8 Å². The Kier molecular flexibility index (Phi) is 5.45. The highest BCUT2D eigenvalue weighted by molar-refractivity contribution is 6.01. The molecule has 190 valence electrons. The standard InChI is InChI=1S/C27H24FN9O/c1-4-24(38)36-8-7-17(12-36)37-26-18(22-13-34(2)14-31-22)11-30-27(29)25(26)20(33-37)6-5-16-9-21-23(10-19(16)28)35(3)15-32-21/h4,9-11,13-15,17H,1,7-8,12H2,2-3H3,(H2,29,30)/t17-/m0/s1. The Morgan fingerprint density at radius 1 is 1.21 bits per heavy atom. The van der Waals surface area contributed by atoms with E-state index >= 15 is 0 Å². The van der Waals surface area contributed by atoms with Crippen LogP contribution in [0.1, 0.15) is 23.7 Å². The molecule has 0 unspecified atom stereocenters. The van der Waals surface area contributed by atoms with Crippen LogP contribution in [0.15, 0.2) is 49.8 Å². The third-order valence-corrected chi connectivity index (χ3v) is 6.86. The second kappa shape index (κ2) is 8.85. The number of aromatic nitrogens is 7. The Morgan fingerprint density at radius 3 is 2.82 bits per heavy atom. The van der Waals surface area contributed by atoms with Crippen LogP contribution in [0.5, 0.6) is 0 Å². The first-order valence-electron chi connectivity index (χ1n) is 12.0. The van der Waals surface area contributed by atoms with E-state index < -0.39 is 5.82 Å². The minimum Gasteiger partial charge on any atom is -0.383 e. The number of amides is 1. The largest absolute Gasteiger partial charge is 0.383 e. The van der Waals surface area contributed by atoms with Crippen molar-refractivity contribution < 1.29 is 9.18 Å². The molecule has 2 N–H and O–H groups in total. The maximum atomic E-state index is 14.9. The van der Waals surface area contributed by atoms with Crippen LogP contribution in [0, 0.1) is 17.7 Å². The Labute approximate surface area is 217 Å². The van der Waals surface area contributed by atoms with Gasteiger partial charge in [0.05, 0.1) is 51.9 Å². The summed E-state index contributed by atoms with van der Waals surface area (Å²) in [6.45, 7) is 4.64. The number of aryl methyl sites for hydroxylation is 2. The molecule has 1 aromatic carbocycles. The lowest BCUT2D eigenvalue weighted by Gasteiger charge is -2.16. The van der Waals surface area contributed by atoms with Crippen molar-refractivity contribution in [2.45, 2.75) is 12.5 Å². The minimum absolute atomic E-state index is 0.122. The van der Waals surface area contributed by atoms with Crippen LogP contribution >= 0.6 is 0 Å². The predicted octanol–water partition coefficient (Wildman–Crippen LogP) is 2.80. The van der Waals surface area contributed by atoms with E-state index in [1.807, 2.05) is 22.5 Å². The molecular weight excluding hydrogens is 485 g/mol. The van der Waals surface area contributed by atoms with Crippen molar-refractivity contribution in [2.75, 3.05) is 18.8 Å². The quantitative estimate of drug-likeness (QED) is 0.296. The van der Waals surface area contributed by atoms with Gasteiger partial charge in [-0.1, -0.05) is 12.5 Å². The Morgan fingerprint density at radius 2 is 2.05 bits per heavy atom. The number of carbonyl (C=O) groups excluding carboxylic acids is 1. The monoisotopic (exact) mass is 509 g/mol. The molecule has 0 saturated carbocycles. The number of pyridine rings is 1. The van der Waals surface area contributed by atoms with Crippen LogP contribution in [0.25, 0.3) is 33.2 Å². The van der Waals surface area contributed by atoms with Crippen molar-refractivity contribution in [3.63, 3.8) is 0 Å². The number of carbonyl (C=O) groups is 1. The second-order valence-corrected chi connectivity index (χ2v) is 9.36. The summed E-state index contributed by atoms with van der Waals surface area (Å²) in [7, 11) is 3.69. The molecule has 0 spiro atoms. The third-order valence-electron chi connectivity index (χ3n) is 6.86. The number of nitrogens with two attached hydrogens (primary N) is 1. The Bertz CT molecular complexity index is 1820. The summed E-state index contributed by atoms with van der Waals surface area (Å²) >= 11 is 0. The van der Waals surface area contributed by atoms with Crippen molar-refractivity contribution in [2.24, 2.45) is 14.1 Å². The van der Waals surface area contributed by atoms with Crippen molar-refractivity contribution >= 4 is 33.7 Å². The summed E-state index contributed by atoms with van der Waals surface area (Å²) in [6, 6.07) is 2.91. The Balaban J connectivity index is 1.53. The maximum Gasteiger partial charge on any atom is 0.246 e. The molecule has 5 heterocycles. The molecule has 1 amide bonds. The Hall–Kier alpha value is -4.98. The van der Waals surface area contributed by atoms with Crippen molar-refractivity contribution in [1.29, 1.82) is 0 Å². The number of hydrogen-bond donors (Lipinski definition) is 1. The number of hydrogen-bond acceptors (Lipinski definition) is 6. The molecule has 6 rings (SSSR count). The summed E-state index contributed by atoms with van der Waals surface area (Å²) in [5.74, 6) is 5.63. The molecule has 5 aromatic rings. The van der Waals surface area contributed by atoms with E-state index in [1.54, 1.807) is 41.4 Å². The predicted molar refractivity (Wildman–Crippen MR) is 141 cm³/mol. The topological polar surface area (TPSA) is 113 Å². The number of benzene rings is 1. The summed E-state index contributed by atoms with van der Waals surface area (Å²) in [5.41, 5.74) is 10.4. The minimum atomic E-state index is -0.452. The van der Waals surface area contributed by atoms with E-state index in [0.29, 0.717) is 47.3 Å². The van der Waals surface area contributed by atoms with Gasteiger partial charge in [-0.2, -0.15) is 5.10 Å². The molecule has 11 heteroatoms. The zero-order chi connectivity index (χ0) is 26.6. The third kappa shape index (κ3) is 3.78. The van der Waals surface area contributed by atoms with E-state index in [1.165, 1.54) is 12.1 Å². The van der Waals surface area contributed by atoms with Gasteiger partial charge in [-0.15, -0.1) is 0 Å². The fraction of sp³-hybridized carbons (Fsp3) is 0.222. The second-order valence-electron chi connectivity index (χ2n) is 9.36. The molecule has 0 bridgehead atoms. The van der Waals surface area contributed by atoms with E-state index in [4.69, 9.17) is 10.8 Å². The smallest absolute Gasteiger partial charge is 0.246 e. The average Bonchev–Trinajstić information content (AvgIpc) is 3.70. The SMILES string of the molecule is C=CC(=O)N1CC[C@H](n2nc(C#Cc3cc4ncn(C)c4cc3F)c3c(N)ncc(-c4cn(C)cn4)c32)C1. The highest BCUT2D eigenvalue weighted by Crippen LogP contribution is 2.35. The van der Waals surface area contributed by atoms with Crippen molar-refractivity contribution in [3.05, 3.63) is 66.9 Å². The van der Waals surface area contributed by atoms with Crippen LogP contribution < -0.4 is 5.73 Å².